The minimum Gasteiger partial charge on any atom is -0.414 e. The van der Waals surface area contributed by atoms with E-state index in [-0.39, 0.29) is 0 Å². The first-order chi connectivity index (χ1) is 7.81. The predicted molar refractivity (Wildman–Crippen MR) is 76.8 cm³/mol. The van der Waals surface area contributed by atoms with Crippen LogP contribution in [-0.2, 0) is 4.43 Å². The van der Waals surface area contributed by atoms with Gasteiger partial charge in [-0.2, -0.15) is 0 Å². The van der Waals surface area contributed by atoms with Gasteiger partial charge in [0.25, 0.3) is 0 Å². The van der Waals surface area contributed by atoms with E-state index in [9.17, 15) is 0 Å². The van der Waals surface area contributed by atoms with Crippen molar-refractivity contribution in [2.75, 3.05) is 0 Å². The molecule has 0 saturated heterocycles. The summed E-state index contributed by atoms with van der Waals surface area (Å²) < 4.78 is 6.67. The van der Waals surface area contributed by atoms with Crippen LogP contribution in [0.3, 0.4) is 0 Å². The normalized spacial score (nSPS) is 34.8. The molecule has 0 aromatic heterocycles. The molecule has 2 rings (SSSR count). The molecule has 0 radical (unpaired) electrons. The summed E-state index contributed by atoms with van der Waals surface area (Å²) in [6.07, 6.45) is 9.19. The van der Waals surface area contributed by atoms with Crippen LogP contribution in [0, 0.1) is 11.8 Å². The van der Waals surface area contributed by atoms with Gasteiger partial charge in [-0.3, -0.25) is 0 Å². The minimum atomic E-state index is -1.55. The van der Waals surface area contributed by atoms with Crippen LogP contribution in [0.4, 0.5) is 0 Å². The molecule has 0 aromatic carbocycles. The molecule has 2 fully saturated rings. The lowest BCUT2D eigenvalue weighted by Crippen LogP contribution is -2.45. The van der Waals surface area contributed by atoms with Gasteiger partial charge in [0.1, 0.15) is 0 Å². The Morgan fingerprint density at radius 3 is 2.24 bits per heavy atom. The van der Waals surface area contributed by atoms with Crippen molar-refractivity contribution in [1.82, 2.24) is 0 Å². The van der Waals surface area contributed by atoms with E-state index < -0.39 is 8.32 Å². The van der Waals surface area contributed by atoms with E-state index in [1.165, 1.54) is 38.5 Å². The fraction of sp³-hybridized carbons (Fsp3) is 1.00. The molecule has 100 valence electrons. The van der Waals surface area contributed by atoms with E-state index in [2.05, 4.69) is 33.9 Å². The third kappa shape index (κ3) is 2.78. The lowest BCUT2D eigenvalue weighted by Gasteiger charge is -2.41. The highest BCUT2D eigenvalue weighted by molar-refractivity contribution is 6.74. The van der Waals surface area contributed by atoms with E-state index >= 15 is 0 Å². The second-order valence-corrected chi connectivity index (χ2v) is 12.5. The average molecular weight is 254 g/mol. The molecule has 2 aliphatic rings. The third-order valence-electron chi connectivity index (χ3n) is 5.52. The quantitative estimate of drug-likeness (QED) is 0.632. The van der Waals surface area contributed by atoms with Crippen LogP contribution in [0.1, 0.15) is 59.3 Å². The first-order valence-electron chi connectivity index (χ1n) is 7.49. The number of hydrogen-bond donors (Lipinski definition) is 0. The second kappa shape index (κ2) is 4.69. The lowest BCUT2D eigenvalue weighted by molar-refractivity contribution is 0.104. The van der Waals surface area contributed by atoms with E-state index in [1.807, 2.05) is 0 Å². The van der Waals surface area contributed by atoms with Crippen LogP contribution in [0.5, 0.6) is 0 Å². The molecule has 2 saturated carbocycles. The van der Waals surface area contributed by atoms with Crippen molar-refractivity contribution >= 4 is 8.32 Å². The van der Waals surface area contributed by atoms with Crippen molar-refractivity contribution in [2.24, 2.45) is 11.8 Å². The largest absolute Gasteiger partial charge is 0.414 e. The van der Waals surface area contributed by atoms with Crippen LogP contribution in [0.15, 0.2) is 0 Å². The SMILES string of the molecule is CC(C)(C)[Si](C)(C)OC1CCC2CCCCC21. The minimum absolute atomic E-state index is 0.361. The topological polar surface area (TPSA) is 9.23 Å². The number of hydrogen-bond acceptors (Lipinski definition) is 1. The van der Waals surface area contributed by atoms with E-state index in [0.29, 0.717) is 11.1 Å². The van der Waals surface area contributed by atoms with Gasteiger partial charge >= 0.3 is 0 Å². The Labute approximate surface area is 108 Å². The lowest BCUT2D eigenvalue weighted by atomic mass is 9.81. The number of fused-ring (bicyclic) bond motifs is 1. The van der Waals surface area contributed by atoms with Crippen molar-refractivity contribution < 1.29 is 4.43 Å². The Bertz CT molecular complexity index is 267. The standard InChI is InChI=1S/C15H30OSi/c1-15(2,3)17(4,5)16-14-11-10-12-8-6-7-9-13(12)14/h12-14H,6-11H2,1-5H3. The maximum absolute atomic E-state index is 6.67. The van der Waals surface area contributed by atoms with Gasteiger partial charge in [-0.1, -0.05) is 40.0 Å². The monoisotopic (exact) mass is 254 g/mol. The Balaban J connectivity index is 2.00. The zero-order valence-electron chi connectivity index (χ0n) is 12.4. The molecule has 0 amide bonds. The van der Waals surface area contributed by atoms with Crippen LogP contribution >= 0.6 is 0 Å². The molecule has 17 heavy (non-hydrogen) atoms. The van der Waals surface area contributed by atoms with Crippen LogP contribution < -0.4 is 0 Å². The smallest absolute Gasteiger partial charge is 0.192 e. The molecule has 2 aliphatic carbocycles. The summed E-state index contributed by atoms with van der Waals surface area (Å²) in [5, 5.41) is 0.361. The van der Waals surface area contributed by atoms with Gasteiger partial charge in [0.05, 0.1) is 0 Å². The van der Waals surface area contributed by atoms with Gasteiger partial charge in [-0.05, 0) is 49.2 Å². The van der Waals surface area contributed by atoms with Gasteiger partial charge in [-0.25, -0.2) is 0 Å². The molecule has 0 spiro atoms. The van der Waals surface area contributed by atoms with Gasteiger partial charge in [-0.15, -0.1) is 0 Å². The molecule has 2 heteroatoms. The Hall–Kier alpha value is 0.177. The predicted octanol–water partition coefficient (Wildman–Crippen LogP) is 4.98. The molecule has 0 N–H and O–H groups in total. The Kier molecular flexibility index (Phi) is 3.76. The first kappa shape index (κ1) is 13.6. The van der Waals surface area contributed by atoms with Crippen molar-refractivity contribution in [3.05, 3.63) is 0 Å². The highest BCUT2D eigenvalue weighted by Gasteiger charge is 2.44. The molecule has 1 nitrogen and oxygen atoms in total. The Morgan fingerprint density at radius 2 is 1.59 bits per heavy atom. The summed E-state index contributed by atoms with van der Waals surface area (Å²) in [5.41, 5.74) is 0. The summed E-state index contributed by atoms with van der Waals surface area (Å²) >= 11 is 0. The van der Waals surface area contributed by atoms with Crippen molar-refractivity contribution in [2.45, 2.75) is 83.5 Å². The maximum atomic E-state index is 6.67. The van der Waals surface area contributed by atoms with Gasteiger partial charge < -0.3 is 4.43 Å². The molecule has 0 bridgehead atoms. The van der Waals surface area contributed by atoms with Gasteiger partial charge in [0, 0.05) is 6.10 Å². The highest BCUT2D eigenvalue weighted by atomic mass is 28.4. The first-order valence-corrected chi connectivity index (χ1v) is 10.4. The van der Waals surface area contributed by atoms with Crippen LogP contribution in [-0.4, -0.2) is 14.4 Å². The van der Waals surface area contributed by atoms with Crippen molar-refractivity contribution in [1.29, 1.82) is 0 Å². The molecular weight excluding hydrogens is 224 g/mol. The summed E-state index contributed by atoms with van der Waals surface area (Å²) in [7, 11) is -1.55. The molecule has 3 atom stereocenters. The van der Waals surface area contributed by atoms with E-state index in [0.717, 1.165) is 11.8 Å². The molecule has 0 aliphatic heterocycles. The van der Waals surface area contributed by atoms with E-state index in [1.54, 1.807) is 0 Å². The fourth-order valence-electron chi connectivity index (χ4n) is 3.38. The Morgan fingerprint density at radius 1 is 0.941 bits per heavy atom. The molecular formula is C15H30OSi. The molecule has 0 aromatic rings. The molecule has 3 unspecified atom stereocenters. The summed E-state index contributed by atoms with van der Waals surface area (Å²) in [6.45, 7) is 11.9. The summed E-state index contributed by atoms with van der Waals surface area (Å²) in [6, 6.07) is 0. The third-order valence-corrected chi connectivity index (χ3v) is 10.0. The number of rotatable bonds is 2. The van der Waals surface area contributed by atoms with Crippen molar-refractivity contribution in [3.8, 4) is 0 Å². The van der Waals surface area contributed by atoms with Gasteiger partial charge in [0.15, 0.2) is 8.32 Å². The van der Waals surface area contributed by atoms with Crippen molar-refractivity contribution in [3.63, 3.8) is 0 Å². The van der Waals surface area contributed by atoms with Gasteiger partial charge in [0.2, 0.25) is 0 Å². The molecule has 0 heterocycles. The average Bonchev–Trinajstić information content (AvgIpc) is 2.60. The zero-order valence-corrected chi connectivity index (χ0v) is 13.4. The zero-order chi connectivity index (χ0) is 12.7. The highest BCUT2D eigenvalue weighted by Crippen LogP contribution is 2.47. The fourth-order valence-corrected chi connectivity index (χ4v) is 4.78. The second-order valence-electron chi connectivity index (χ2n) is 7.70. The summed E-state index contributed by atoms with van der Waals surface area (Å²) in [5.74, 6) is 1.90. The summed E-state index contributed by atoms with van der Waals surface area (Å²) in [4.78, 5) is 0. The van der Waals surface area contributed by atoms with E-state index in [4.69, 9.17) is 4.43 Å². The van der Waals surface area contributed by atoms with Crippen LogP contribution in [0.2, 0.25) is 18.1 Å². The van der Waals surface area contributed by atoms with Crippen LogP contribution in [0.25, 0.3) is 0 Å². The maximum Gasteiger partial charge on any atom is 0.192 e.